The molecule has 0 spiro atoms. The van der Waals surface area contributed by atoms with Crippen molar-refractivity contribution in [1.29, 1.82) is 0 Å². The molecule has 0 nitrogen and oxygen atoms in total. The molecule has 1 heteroatoms. The zero-order valence-corrected chi connectivity index (χ0v) is 27.5. The topological polar surface area (TPSA) is 0 Å². The monoisotopic (exact) mass is 518 g/mol. The van der Waals surface area contributed by atoms with E-state index in [1.54, 1.807) is 44.5 Å². The molecule has 0 aliphatic carbocycles. The van der Waals surface area contributed by atoms with E-state index in [0.717, 1.165) is 0 Å². The minimum absolute atomic E-state index is 0. The van der Waals surface area contributed by atoms with E-state index in [-0.39, 0.29) is 17.4 Å². The van der Waals surface area contributed by atoms with Crippen molar-refractivity contribution < 1.29 is 17.4 Å². The fourth-order valence-electron chi connectivity index (χ4n) is 5.76. The SMILES string of the molecule is CC(C)c1c[c-](C(C)C)c(C(C)C)c1C(C)C.CC(C)c1c[c-](C(C)C)c(C(C)C)c1C(C)C.[Cr+2]. The number of hydrogen-bond acceptors (Lipinski definition) is 0. The Kier molecular flexibility index (Phi) is 13.9. The van der Waals surface area contributed by atoms with Crippen molar-refractivity contribution in [3.05, 3.63) is 56.6 Å². The first-order chi connectivity index (χ1) is 15.5. The Labute approximate surface area is 231 Å². The average molecular weight is 519 g/mol. The van der Waals surface area contributed by atoms with Gasteiger partial charge in [-0.2, -0.15) is 56.6 Å². The van der Waals surface area contributed by atoms with Crippen molar-refractivity contribution in [2.45, 2.75) is 158 Å². The Morgan fingerprint density at radius 2 is 0.657 bits per heavy atom. The van der Waals surface area contributed by atoms with Crippen LogP contribution in [0.25, 0.3) is 0 Å². The Balaban J connectivity index is 0.000000642. The van der Waals surface area contributed by atoms with Gasteiger partial charge in [0.05, 0.1) is 0 Å². The molecule has 0 aliphatic heterocycles. The predicted molar refractivity (Wildman–Crippen MR) is 157 cm³/mol. The van der Waals surface area contributed by atoms with Crippen molar-refractivity contribution >= 4 is 0 Å². The summed E-state index contributed by atoms with van der Waals surface area (Å²) in [5.41, 5.74) is 12.8. The van der Waals surface area contributed by atoms with Crippen LogP contribution in [0, 0.1) is 0 Å². The molecule has 0 aliphatic rings. The molecule has 35 heavy (non-hydrogen) atoms. The molecule has 0 aromatic heterocycles. The summed E-state index contributed by atoms with van der Waals surface area (Å²) in [6.07, 6.45) is 0. The van der Waals surface area contributed by atoms with Gasteiger partial charge in [0.2, 0.25) is 0 Å². The van der Waals surface area contributed by atoms with Crippen LogP contribution in [0.5, 0.6) is 0 Å². The Morgan fingerprint density at radius 1 is 0.400 bits per heavy atom. The maximum absolute atomic E-state index is 2.47. The molecule has 0 amide bonds. The molecule has 0 unspecified atom stereocenters. The normalized spacial score (nSPS) is 12.1. The first kappa shape index (κ1) is 34.2. The molecule has 0 saturated carbocycles. The summed E-state index contributed by atoms with van der Waals surface area (Å²) in [4.78, 5) is 0. The van der Waals surface area contributed by atoms with Gasteiger partial charge >= 0.3 is 17.4 Å². The van der Waals surface area contributed by atoms with Gasteiger partial charge in [-0.05, 0) is 11.8 Å². The van der Waals surface area contributed by atoms with Gasteiger partial charge < -0.3 is 0 Å². The van der Waals surface area contributed by atoms with Crippen LogP contribution in [0.3, 0.4) is 0 Å². The third-order valence-electron chi connectivity index (χ3n) is 7.24. The van der Waals surface area contributed by atoms with Crippen LogP contribution >= 0.6 is 0 Å². The maximum atomic E-state index is 2.47. The second-order valence-corrected chi connectivity index (χ2v) is 13.0. The molecule has 200 valence electrons. The van der Waals surface area contributed by atoms with E-state index in [1.165, 1.54) is 0 Å². The Bertz CT molecular complexity index is 735. The van der Waals surface area contributed by atoms with Crippen molar-refractivity contribution in [3.8, 4) is 0 Å². The summed E-state index contributed by atoms with van der Waals surface area (Å²) >= 11 is 0. The molecule has 2 rings (SSSR count). The van der Waals surface area contributed by atoms with Crippen LogP contribution in [0.4, 0.5) is 0 Å². The molecule has 0 saturated heterocycles. The van der Waals surface area contributed by atoms with Gasteiger partial charge in [-0.1, -0.05) is 146 Å². The van der Waals surface area contributed by atoms with Crippen molar-refractivity contribution in [2.75, 3.05) is 0 Å². The first-order valence-electron chi connectivity index (χ1n) is 14.2. The van der Waals surface area contributed by atoms with E-state index in [9.17, 15) is 0 Å². The van der Waals surface area contributed by atoms with Crippen molar-refractivity contribution in [1.82, 2.24) is 0 Å². The second-order valence-electron chi connectivity index (χ2n) is 13.0. The van der Waals surface area contributed by atoms with E-state index < -0.39 is 0 Å². The molecular weight excluding hydrogens is 460 g/mol. The summed E-state index contributed by atoms with van der Waals surface area (Å²) < 4.78 is 0. The minimum Gasteiger partial charge on any atom is -0.192 e. The molecular formula is C34H58Cr. The van der Waals surface area contributed by atoms with Gasteiger partial charge in [0.15, 0.2) is 0 Å². The van der Waals surface area contributed by atoms with Gasteiger partial charge in [0, 0.05) is 0 Å². The van der Waals surface area contributed by atoms with Gasteiger partial charge in [-0.15, -0.1) is 0 Å². The summed E-state index contributed by atoms with van der Waals surface area (Å²) in [6.45, 7) is 37.2. The van der Waals surface area contributed by atoms with Gasteiger partial charge in [-0.25, -0.2) is 0 Å². The third-order valence-corrected chi connectivity index (χ3v) is 7.24. The number of rotatable bonds is 8. The molecule has 0 radical (unpaired) electrons. The van der Waals surface area contributed by atoms with Crippen molar-refractivity contribution in [3.63, 3.8) is 0 Å². The van der Waals surface area contributed by atoms with Crippen LogP contribution in [-0.2, 0) is 17.4 Å². The molecule has 2 aromatic rings. The maximum Gasteiger partial charge on any atom is 2.00 e. The zero-order chi connectivity index (χ0) is 26.7. The first-order valence-corrected chi connectivity index (χ1v) is 14.2. The largest absolute Gasteiger partial charge is 2.00 e. The van der Waals surface area contributed by atoms with E-state index in [1.807, 2.05) is 0 Å². The molecule has 0 atom stereocenters. The van der Waals surface area contributed by atoms with E-state index in [0.29, 0.717) is 47.3 Å². The minimum atomic E-state index is 0. The quantitative estimate of drug-likeness (QED) is 0.305. The van der Waals surface area contributed by atoms with Crippen LogP contribution in [-0.4, -0.2) is 0 Å². The van der Waals surface area contributed by atoms with Crippen molar-refractivity contribution in [2.24, 2.45) is 0 Å². The Morgan fingerprint density at radius 3 is 0.800 bits per heavy atom. The van der Waals surface area contributed by atoms with Gasteiger partial charge in [-0.3, -0.25) is 0 Å². The van der Waals surface area contributed by atoms with Gasteiger partial charge in [0.25, 0.3) is 0 Å². The summed E-state index contributed by atoms with van der Waals surface area (Å²) in [5.74, 6) is 5.09. The van der Waals surface area contributed by atoms with Crippen LogP contribution in [0.15, 0.2) is 12.1 Å². The summed E-state index contributed by atoms with van der Waals surface area (Å²) in [5, 5.41) is 0. The Hall–Kier alpha value is -0.768. The second kappa shape index (κ2) is 14.2. The summed E-state index contributed by atoms with van der Waals surface area (Å²) in [6, 6.07) is 4.94. The van der Waals surface area contributed by atoms with E-state index in [2.05, 4.69) is 123 Å². The fraction of sp³-hybridized carbons (Fsp3) is 0.706. The molecule has 0 bridgehead atoms. The zero-order valence-electron chi connectivity index (χ0n) is 26.2. The average Bonchev–Trinajstić information content (AvgIpc) is 3.28. The molecule has 2 aromatic carbocycles. The smallest absolute Gasteiger partial charge is 0.192 e. The fourth-order valence-corrected chi connectivity index (χ4v) is 5.76. The molecule has 0 fully saturated rings. The number of hydrogen-bond donors (Lipinski definition) is 0. The van der Waals surface area contributed by atoms with Gasteiger partial charge in [0.1, 0.15) is 0 Å². The summed E-state index contributed by atoms with van der Waals surface area (Å²) in [7, 11) is 0. The van der Waals surface area contributed by atoms with E-state index >= 15 is 0 Å². The van der Waals surface area contributed by atoms with Crippen LogP contribution in [0.1, 0.15) is 203 Å². The molecule has 0 heterocycles. The van der Waals surface area contributed by atoms with Crippen LogP contribution in [0.2, 0.25) is 0 Å². The van der Waals surface area contributed by atoms with Crippen LogP contribution < -0.4 is 0 Å². The molecule has 0 N–H and O–H groups in total. The predicted octanol–water partition coefficient (Wildman–Crippen LogP) is 11.8. The standard InChI is InChI=1S/2C17H29.Cr/c2*1-10(2)14-9-15(11(3)4)17(13(7)8)16(14)12(5)6;/h2*9-13H,1-8H3;/q2*-1;+2. The van der Waals surface area contributed by atoms with E-state index in [4.69, 9.17) is 0 Å². The third kappa shape index (κ3) is 8.11.